The molecule has 0 saturated carbocycles. The maximum atomic E-state index is 6.06. The van der Waals surface area contributed by atoms with Gasteiger partial charge in [0.1, 0.15) is 0 Å². The average molecular weight is 225 g/mol. The van der Waals surface area contributed by atoms with Gasteiger partial charge in [-0.2, -0.15) is 0 Å². The predicted octanol–water partition coefficient (Wildman–Crippen LogP) is 4.52. The highest BCUT2D eigenvalue weighted by Crippen LogP contribution is 2.32. The first kappa shape index (κ1) is 10.1. The van der Waals surface area contributed by atoms with Crippen molar-refractivity contribution < 1.29 is 0 Å². The van der Waals surface area contributed by atoms with E-state index in [0.717, 1.165) is 10.6 Å². The van der Waals surface area contributed by atoms with E-state index in [9.17, 15) is 0 Å². The van der Waals surface area contributed by atoms with E-state index in [-0.39, 0.29) is 0 Å². The first-order valence-electron chi connectivity index (χ1n) is 4.85. The largest absolute Gasteiger partial charge is 0.131 e. The molecule has 0 spiro atoms. The monoisotopic (exact) mass is 224 g/mol. The number of hydrogen-bond acceptors (Lipinski definition) is 1. The van der Waals surface area contributed by atoms with E-state index in [4.69, 9.17) is 11.6 Å². The minimum atomic E-state index is 0.863. The molecule has 1 aromatic carbocycles. The van der Waals surface area contributed by atoms with Crippen LogP contribution in [0, 0.1) is 6.92 Å². The Morgan fingerprint density at radius 2 is 2.29 bits per heavy atom. The molecule has 2 heteroatoms. The third-order valence-electron chi connectivity index (χ3n) is 2.38. The fourth-order valence-corrected chi connectivity index (χ4v) is 2.77. The van der Waals surface area contributed by atoms with Gasteiger partial charge in [-0.15, -0.1) is 11.8 Å². The maximum absolute atomic E-state index is 6.06. The molecule has 1 fully saturated rings. The molecular formula is C12H13ClS. The van der Waals surface area contributed by atoms with E-state index in [1.165, 1.54) is 29.1 Å². The Morgan fingerprint density at radius 3 is 2.93 bits per heavy atom. The van der Waals surface area contributed by atoms with Gasteiger partial charge in [0, 0.05) is 5.02 Å². The maximum Gasteiger partial charge on any atom is 0.0441 e. The molecule has 0 N–H and O–H groups in total. The van der Waals surface area contributed by atoms with Crippen molar-refractivity contribution in [3.05, 3.63) is 39.3 Å². The van der Waals surface area contributed by atoms with Gasteiger partial charge in [0.25, 0.3) is 0 Å². The second kappa shape index (κ2) is 4.41. The van der Waals surface area contributed by atoms with Crippen LogP contribution in [0.2, 0.25) is 5.02 Å². The van der Waals surface area contributed by atoms with Crippen LogP contribution in [0.4, 0.5) is 0 Å². The third-order valence-corrected chi connectivity index (χ3v) is 3.97. The molecule has 0 aromatic heterocycles. The summed E-state index contributed by atoms with van der Waals surface area (Å²) < 4.78 is 0. The summed E-state index contributed by atoms with van der Waals surface area (Å²) in [5.74, 6) is 1.27. The van der Waals surface area contributed by atoms with Crippen LogP contribution < -0.4 is 0 Å². The summed E-state index contributed by atoms with van der Waals surface area (Å²) in [6, 6.07) is 6.25. The van der Waals surface area contributed by atoms with E-state index in [1.54, 1.807) is 0 Å². The van der Waals surface area contributed by atoms with Crippen LogP contribution in [0.1, 0.15) is 24.0 Å². The zero-order valence-corrected chi connectivity index (χ0v) is 9.79. The standard InChI is InChI=1S/C12H13ClS/c1-9-4-5-10(8-12(9)13)7-11-3-2-6-14-11/h4-5,7-8H,2-3,6H2,1H3/b11-7+. The summed E-state index contributed by atoms with van der Waals surface area (Å²) in [6.07, 6.45) is 4.80. The molecule has 1 aliphatic rings. The predicted molar refractivity (Wildman–Crippen MR) is 65.9 cm³/mol. The van der Waals surface area contributed by atoms with Gasteiger partial charge in [-0.1, -0.05) is 23.7 Å². The van der Waals surface area contributed by atoms with E-state index in [1.807, 2.05) is 24.8 Å². The molecule has 1 aliphatic heterocycles. The van der Waals surface area contributed by atoms with Gasteiger partial charge >= 0.3 is 0 Å². The Morgan fingerprint density at radius 1 is 1.43 bits per heavy atom. The van der Waals surface area contributed by atoms with Gasteiger partial charge in [0.05, 0.1) is 0 Å². The van der Waals surface area contributed by atoms with Crippen molar-refractivity contribution >= 4 is 29.4 Å². The van der Waals surface area contributed by atoms with Crippen LogP contribution in [0.25, 0.3) is 6.08 Å². The van der Waals surface area contributed by atoms with Crippen molar-refractivity contribution in [2.75, 3.05) is 5.75 Å². The summed E-state index contributed by atoms with van der Waals surface area (Å²) in [5, 5.41) is 0.863. The molecule has 1 heterocycles. The molecule has 1 saturated heterocycles. The molecular weight excluding hydrogens is 212 g/mol. The molecule has 1 aromatic rings. The molecule has 0 radical (unpaired) electrons. The zero-order chi connectivity index (χ0) is 9.97. The van der Waals surface area contributed by atoms with Crippen LogP contribution in [0.3, 0.4) is 0 Å². The van der Waals surface area contributed by atoms with E-state index in [2.05, 4.69) is 18.2 Å². The van der Waals surface area contributed by atoms with Crippen LogP contribution >= 0.6 is 23.4 Å². The number of benzene rings is 1. The quantitative estimate of drug-likeness (QED) is 0.676. The number of allylic oxidation sites excluding steroid dienone is 1. The zero-order valence-electron chi connectivity index (χ0n) is 8.22. The number of aryl methyl sites for hydroxylation is 1. The molecule has 2 rings (SSSR count). The van der Waals surface area contributed by atoms with Crippen molar-refractivity contribution in [3.63, 3.8) is 0 Å². The van der Waals surface area contributed by atoms with Crippen molar-refractivity contribution in [1.82, 2.24) is 0 Å². The van der Waals surface area contributed by atoms with Gasteiger partial charge in [0.15, 0.2) is 0 Å². The van der Waals surface area contributed by atoms with Crippen molar-refractivity contribution in [3.8, 4) is 0 Å². The lowest BCUT2D eigenvalue weighted by molar-refractivity contribution is 0.999. The molecule has 0 nitrogen and oxygen atoms in total. The summed E-state index contributed by atoms with van der Waals surface area (Å²) in [5.41, 5.74) is 2.37. The Bertz CT molecular complexity index is 361. The molecule has 0 atom stereocenters. The number of thioether (sulfide) groups is 1. The van der Waals surface area contributed by atoms with Crippen LogP contribution in [-0.4, -0.2) is 5.75 Å². The van der Waals surface area contributed by atoms with E-state index >= 15 is 0 Å². The van der Waals surface area contributed by atoms with E-state index < -0.39 is 0 Å². The van der Waals surface area contributed by atoms with Crippen LogP contribution in [-0.2, 0) is 0 Å². The highest BCUT2D eigenvalue weighted by molar-refractivity contribution is 8.03. The molecule has 0 bridgehead atoms. The van der Waals surface area contributed by atoms with Gasteiger partial charge in [0.2, 0.25) is 0 Å². The lowest BCUT2D eigenvalue weighted by atomic mass is 10.1. The Kier molecular flexibility index (Phi) is 3.19. The fourth-order valence-electron chi connectivity index (χ4n) is 1.52. The first-order chi connectivity index (χ1) is 6.75. The van der Waals surface area contributed by atoms with Crippen molar-refractivity contribution in [2.45, 2.75) is 19.8 Å². The van der Waals surface area contributed by atoms with Gasteiger partial charge < -0.3 is 0 Å². The van der Waals surface area contributed by atoms with Crippen molar-refractivity contribution in [1.29, 1.82) is 0 Å². The molecule has 14 heavy (non-hydrogen) atoms. The Hall–Kier alpha value is -0.400. The summed E-state index contributed by atoms with van der Waals surface area (Å²) in [4.78, 5) is 1.49. The van der Waals surface area contributed by atoms with E-state index in [0.29, 0.717) is 0 Å². The minimum Gasteiger partial charge on any atom is -0.131 e. The molecule has 0 unspecified atom stereocenters. The number of hydrogen-bond donors (Lipinski definition) is 0. The lowest BCUT2D eigenvalue weighted by Crippen LogP contribution is -1.78. The number of halogens is 1. The van der Waals surface area contributed by atoms with Gasteiger partial charge in [-0.25, -0.2) is 0 Å². The fraction of sp³-hybridized carbons (Fsp3) is 0.333. The highest BCUT2D eigenvalue weighted by Gasteiger charge is 2.06. The second-order valence-corrected chi connectivity index (χ2v) is 5.20. The average Bonchev–Trinajstić information content (AvgIpc) is 2.64. The topological polar surface area (TPSA) is 0 Å². The highest BCUT2D eigenvalue weighted by atomic mass is 35.5. The molecule has 0 aliphatic carbocycles. The smallest absolute Gasteiger partial charge is 0.0441 e. The molecule has 74 valence electrons. The van der Waals surface area contributed by atoms with Crippen LogP contribution in [0.15, 0.2) is 23.1 Å². The SMILES string of the molecule is Cc1ccc(/C=C2\CCCS2)cc1Cl. The Labute approximate surface area is 94.4 Å². The lowest BCUT2D eigenvalue weighted by Gasteiger charge is -2.00. The van der Waals surface area contributed by atoms with Gasteiger partial charge in [-0.05, 0) is 53.7 Å². The van der Waals surface area contributed by atoms with Crippen molar-refractivity contribution in [2.24, 2.45) is 0 Å². The summed E-state index contributed by atoms with van der Waals surface area (Å²) in [7, 11) is 0. The summed E-state index contributed by atoms with van der Waals surface area (Å²) in [6.45, 7) is 2.03. The number of rotatable bonds is 1. The third kappa shape index (κ3) is 2.34. The summed E-state index contributed by atoms with van der Waals surface area (Å²) >= 11 is 8.03. The minimum absolute atomic E-state index is 0.863. The van der Waals surface area contributed by atoms with Crippen LogP contribution in [0.5, 0.6) is 0 Å². The normalized spacial score (nSPS) is 19.1. The molecule has 0 amide bonds. The second-order valence-electron chi connectivity index (χ2n) is 3.57. The van der Waals surface area contributed by atoms with Gasteiger partial charge in [-0.3, -0.25) is 0 Å². The first-order valence-corrected chi connectivity index (χ1v) is 6.21. The Balaban J connectivity index is 2.24.